The van der Waals surface area contributed by atoms with Crippen molar-refractivity contribution in [2.75, 3.05) is 25.1 Å². The van der Waals surface area contributed by atoms with Crippen LogP contribution in [0.2, 0.25) is 0 Å². The van der Waals surface area contributed by atoms with Gasteiger partial charge in [0.25, 0.3) is 0 Å². The highest BCUT2D eigenvalue weighted by molar-refractivity contribution is 5.84. The van der Waals surface area contributed by atoms with Crippen LogP contribution in [0.4, 0.5) is 11.4 Å². The molecule has 0 aliphatic carbocycles. The summed E-state index contributed by atoms with van der Waals surface area (Å²) in [6.07, 6.45) is 0.590. The maximum absolute atomic E-state index is 10.7. The van der Waals surface area contributed by atoms with E-state index >= 15 is 0 Å². The van der Waals surface area contributed by atoms with Crippen LogP contribution in [0.15, 0.2) is 23.4 Å². The minimum absolute atomic E-state index is 0.0284. The summed E-state index contributed by atoms with van der Waals surface area (Å²) < 4.78 is 0. The molecule has 0 saturated heterocycles. The van der Waals surface area contributed by atoms with Gasteiger partial charge in [-0.3, -0.25) is 4.79 Å². The first-order valence-electron chi connectivity index (χ1n) is 4.47. The Labute approximate surface area is 87.3 Å². The number of nitroso groups, excluding NO2 is 1. The number of aliphatic hydroxyl groups excluding tert-OH is 1. The fraction of sp³-hybridized carbons (Fsp3) is 0.300. The van der Waals surface area contributed by atoms with E-state index in [0.717, 1.165) is 5.69 Å². The van der Waals surface area contributed by atoms with Crippen molar-refractivity contribution >= 4 is 17.7 Å². The van der Waals surface area contributed by atoms with Crippen molar-refractivity contribution < 1.29 is 9.90 Å². The van der Waals surface area contributed by atoms with Crippen LogP contribution in [-0.2, 0) is 0 Å². The van der Waals surface area contributed by atoms with Gasteiger partial charge in [0.15, 0.2) is 6.29 Å². The zero-order valence-electron chi connectivity index (χ0n) is 8.38. The second-order valence-electron chi connectivity index (χ2n) is 3.10. The SMILES string of the molecule is CN(CCO)c1ccc(N=O)c(C=O)c1. The molecular formula is C10H12N2O3. The predicted molar refractivity (Wildman–Crippen MR) is 57.6 cm³/mol. The third-order valence-corrected chi connectivity index (χ3v) is 2.11. The standard InChI is InChI=1S/C10H12N2O3/c1-12(4-5-13)9-2-3-10(11-15)8(6-9)7-14/h2-3,6-7,13H,4-5H2,1H3. The molecule has 0 unspecified atom stereocenters. The number of benzene rings is 1. The largest absolute Gasteiger partial charge is 0.395 e. The van der Waals surface area contributed by atoms with Crippen molar-refractivity contribution in [2.24, 2.45) is 5.18 Å². The van der Waals surface area contributed by atoms with Crippen LogP contribution < -0.4 is 4.90 Å². The number of likely N-dealkylation sites (N-methyl/N-ethyl adjacent to an activating group) is 1. The quantitative estimate of drug-likeness (QED) is 0.585. The molecule has 1 N–H and O–H groups in total. The highest BCUT2D eigenvalue weighted by Gasteiger charge is 2.06. The number of carbonyl (C=O) groups excluding carboxylic acids is 1. The molecule has 1 aromatic carbocycles. The Morgan fingerprint density at radius 1 is 1.53 bits per heavy atom. The lowest BCUT2D eigenvalue weighted by Gasteiger charge is -2.18. The summed E-state index contributed by atoms with van der Waals surface area (Å²) in [7, 11) is 1.79. The van der Waals surface area contributed by atoms with Gasteiger partial charge in [-0.1, -0.05) is 0 Å². The van der Waals surface area contributed by atoms with Gasteiger partial charge in [-0.25, -0.2) is 0 Å². The van der Waals surface area contributed by atoms with E-state index < -0.39 is 0 Å². The summed E-state index contributed by atoms with van der Waals surface area (Å²) in [5.74, 6) is 0. The van der Waals surface area contributed by atoms with E-state index in [1.54, 1.807) is 24.1 Å². The maximum Gasteiger partial charge on any atom is 0.152 e. The number of anilines is 1. The van der Waals surface area contributed by atoms with Gasteiger partial charge < -0.3 is 10.0 Å². The van der Waals surface area contributed by atoms with Crippen molar-refractivity contribution in [3.8, 4) is 0 Å². The highest BCUT2D eigenvalue weighted by Crippen LogP contribution is 2.23. The Morgan fingerprint density at radius 2 is 2.27 bits per heavy atom. The van der Waals surface area contributed by atoms with Gasteiger partial charge in [-0.2, -0.15) is 0 Å². The molecule has 0 heterocycles. The summed E-state index contributed by atoms with van der Waals surface area (Å²) in [5.41, 5.74) is 1.15. The molecule has 0 saturated carbocycles. The second kappa shape index (κ2) is 5.21. The van der Waals surface area contributed by atoms with Crippen LogP contribution in [0.5, 0.6) is 0 Å². The zero-order chi connectivity index (χ0) is 11.3. The molecule has 0 aromatic heterocycles. The topological polar surface area (TPSA) is 70.0 Å². The zero-order valence-corrected chi connectivity index (χ0v) is 8.38. The molecule has 0 amide bonds. The van der Waals surface area contributed by atoms with E-state index in [9.17, 15) is 9.70 Å². The normalized spacial score (nSPS) is 9.73. The molecule has 0 fully saturated rings. The summed E-state index contributed by atoms with van der Waals surface area (Å²) in [4.78, 5) is 22.8. The van der Waals surface area contributed by atoms with Crippen LogP contribution in [0, 0.1) is 4.91 Å². The fourth-order valence-electron chi connectivity index (χ4n) is 1.24. The molecule has 0 radical (unpaired) electrons. The van der Waals surface area contributed by atoms with Gasteiger partial charge in [0.2, 0.25) is 0 Å². The summed E-state index contributed by atoms with van der Waals surface area (Å²) >= 11 is 0. The number of carbonyl (C=O) groups is 1. The van der Waals surface area contributed by atoms with Gasteiger partial charge in [0.05, 0.1) is 6.61 Å². The lowest BCUT2D eigenvalue weighted by Crippen LogP contribution is -2.21. The molecule has 0 spiro atoms. The number of hydrogen-bond donors (Lipinski definition) is 1. The number of aldehydes is 1. The predicted octanol–water partition coefficient (Wildman–Crippen LogP) is 1.33. The molecule has 0 aliphatic heterocycles. The van der Waals surface area contributed by atoms with E-state index in [1.807, 2.05) is 0 Å². The van der Waals surface area contributed by atoms with Crippen LogP contribution in [-0.4, -0.2) is 31.6 Å². The first kappa shape index (κ1) is 11.3. The minimum atomic E-state index is 0.0284. The van der Waals surface area contributed by atoms with Crippen LogP contribution in [0.25, 0.3) is 0 Å². The first-order chi connectivity index (χ1) is 7.22. The van der Waals surface area contributed by atoms with E-state index in [0.29, 0.717) is 12.8 Å². The van der Waals surface area contributed by atoms with Crippen LogP contribution in [0.3, 0.4) is 0 Å². The highest BCUT2D eigenvalue weighted by atomic mass is 16.3. The summed E-state index contributed by atoms with van der Waals surface area (Å²) in [6.45, 7) is 0.493. The molecule has 15 heavy (non-hydrogen) atoms. The van der Waals surface area contributed by atoms with Crippen molar-refractivity contribution in [1.82, 2.24) is 0 Å². The Bertz CT molecular complexity index is 366. The van der Waals surface area contributed by atoms with Gasteiger partial charge >= 0.3 is 0 Å². The molecule has 0 atom stereocenters. The smallest absolute Gasteiger partial charge is 0.152 e. The number of nitrogens with zero attached hydrogens (tertiary/aromatic N) is 2. The van der Waals surface area contributed by atoms with E-state index in [2.05, 4.69) is 5.18 Å². The monoisotopic (exact) mass is 208 g/mol. The second-order valence-corrected chi connectivity index (χ2v) is 3.10. The number of rotatable bonds is 5. The summed E-state index contributed by atoms with van der Waals surface area (Å²) in [6, 6.07) is 4.73. The molecule has 1 aromatic rings. The molecule has 1 rings (SSSR count). The fourth-order valence-corrected chi connectivity index (χ4v) is 1.24. The lowest BCUT2D eigenvalue weighted by atomic mass is 10.1. The molecule has 0 bridgehead atoms. The van der Waals surface area contributed by atoms with Crippen molar-refractivity contribution in [3.05, 3.63) is 28.7 Å². The average molecular weight is 208 g/mol. The molecule has 80 valence electrons. The third kappa shape index (κ3) is 2.60. The average Bonchev–Trinajstić information content (AvgIpc) is 2.28. The van der Waals surface area contributed by atoms with E-state index in [-0.39, 0.29) is 17.9 Å². The summed E-state index contributed by atoms with van der Waals surface area (Å²) in [5, 5.41) is 11.5. The van der Waals surface area contributed by atoms with Crippen LogP contribution in [0.1, 0.15) is 10.4 Å². The molecular weight excluding hydrogens is 196 g/mol. The molecule has 5 nitrogen and oxygen atoms in total. The van der Waals surface area contributed by atoms with Gasteiger partial charge in [-0.05, 0) is 23.4 Å². The van der Waals surface area contributed by atoms with Crippen LogP contribution >= 0.6 is 0 Å². The van der Waals surface area contributed by atoms with Gasteiger partial charge in [-0.15, -0.1) is 4.91 Å². The molecule has 5 heteroatoms. The third-order valence-electron chi connectivity index (χ3n) is 2.11. The lowest BCUT2D eigenvalue weighted by molar-refractivity contribution is 0.112. The van der Waals surface area contributed by atoms with Gasteiger partial charge in [0, 0.05) is 24.8 Å². The maximum atomic E-state index is 10.7. The number of hydrogen-bond acceptors (Lipinski definition) is 5. The Balaban J connectivity index is 3.02. The van der Waals surface area contributed by atoms with Crippen molar-refractivity contribution in [1.29, 1.82) is 0 Å². The Kier molecular flexibility index (Phi) is 3.93. The van der Waals surface area contributed by atoms with E-state index in [4.69, 9.17) is 5.11 Å². The van der Waals surface area contributed by atoms with E-state index in [1.165, 1.54) is 6.07 Å². The van der Waals surface area contributed by atoms with Crippen molar-refractivity contribution in [3.63, 3.8) is 0 Å². The van der Waals surface area contributed by atoms with Crippen molar-refractivity contribution in [2.45, 2.75) is 0 Å². The molecule has 0 aliphatic rings. The first-order valence-corrected chi connectivity index (χ1v) is 4.47. The Hall–Kier alpha value is -1.75. The number of aliphatic hydroxyl groups is 1. The minimum Gasteiger partial charge on any atom is -0.395 e. The van der Waals surface area contributed by atoms with Gasteiger partial charge in [0.1, 0.15) is 5.69 Å². The Morgan fingerprint density at radius 3 is 2.80 bits per heavy atom.